The van der Waals surface area contributed by atoms with Crippen LogP contribution in [0.4, 0.5) is 0 Å². The number of nitrogens with one attached hydrogen (secondary N) is 1. The van der Waals surface area contributed by atoms with Gasteiger partial charge in [-0.2, -0.15) is 0 Å². The van der Waals surface area contributed by atoms with Gasteiger partial charge in [-0.05, 0) is 61.6 Å². The van der Waals surface area contributed by atoms with E-state index in [1.165, 1.54) is 32.1 Å². The number of rotatable bonds is 5. The monoisotopic (exact) mass is 273 g/mol. The fourth-order valence-electron chi connectivity index (χ4n) is 3.98. The highest BCUT2D eigenvalue weighted by Crippen LogP contribution is 2.36. The third kappa shape index (κ3) is 3.07. The lowest BCUT2D eigenvalue weighted by atomic mass is 9.77. The predicted molar refractivity (Wildman–Crippen MR) is 83.1 cm³/mol. The van der Waals surface area contributed by atoms with Gasteiger partial charge in [0.2, 0.25) is 0 Å². The van der Waals surface area contributed by atoms with E-state index < -0.39 is 0 Å². The van der Waals surface area contributed by atoms with Gasteiger partial charge >= 0.3 is 0 Å². The van der Waals surface area contributed by atoms with E-state index in [1.54, 1.807) is 11.1 Å². The van der Waals surface area contributed by atoms with Crippen LogP contribution >= 0.6 is 0 Å². The molecule has 3 atom stereocenters. The maximum Gasteiger partial charge on any atom is 0.0510 e. The molecule has 1 fully saturated rings. The predicted octanol–water partition coefficient (Wildman–Crippen LogP) is 3.51. The van der Waals surface area contributed by atoms with Gasteiger partial charge < -0.3 is 10.1 Å². The zero-order chi connectivity index (χ0) is 13.8. The standard InChI is InChI=1S/C18H27NO/c1-2-19-18(16-10-11-20-13-16)12-15-8-5-7-14-6-3-4-9-17(14)15/h3-4,6,9,15-16,18-19H,2,5,7-8,10-13H2,1H3. The first-order valence-electron chi connectivity index (χ1n) is 8.27. The third-order valence-corrected chi connectivity index (χ3v) is 5.03. The van der Waals surface area contributed by atoms with E-state index in [1.807, 2.05) is 0 Å². The molecule has 0 saturated carbocycles. The van der Waals surface area contributed by atoms with E-state index in [-0.39, 0.29) is 0 Å². The van der Waals surface area contributed by atoms with Crippen LogP contribution in [-0.4, -0.2) is 25.8 Å². The van der Waals surface area contributed by atoms with Gasteiger partial charge in [-0.25, -0.2) is 0 Å². The second-order valence-electron chi connectivity index (χ2n) is 6.31. The number of hydrogen-bond acceptors (Lipinski definition) is 2. The van der Waals surface area contributed by atoms with Crippen molar-refractivity contribution in [3.05, 3.63) is 35.4 Å². The van der Waals surface area contributed by atoms with E-state index in [0.29, 0.717) is 12.0 Å². The number of aryl methyl sites for hydroxylation is 1. The number of fused-ring (bicyclic) bond motifs is 1. The maximum atomic E-state index is 5.60. The first kappa shape index (κ1) is 14.1. The second-order valence-corrected chi connectivity index (χ2v) is 6.31. The van der Waals surface area contributed by atoms with Crippen molar-refractivity contribution in [2.24, 2.45) is 5.92 Å². The van der Waals surface area contributed by atoms with Crippen LogP contribution in [0, 0.1) is 5.92 Å². The largest absolute Gasteiger partial charge is 0.381 e. The summed E-state index contributed by atoms with van der Waals surface area (Å²) in [4.78, 5) is 0. The van der Waals surface area contributed by atoms with Crippen molar-refractivity contribution in [3.8, 4) is 0 Å². The summed E-state index contributed by atoms with van der Waals surface area (Å²) in [7, 11) is 0. The number of benzene rings is 1. The summed E-state index contributed by atoms with van der Waals surface area (Å²) in [6.07, 6.45) is 6.48. The molecule has 3 unspecified atom stereocenters. The molecule has 3 rings (SSSR count). The van der Waals surface area contributed by atoms with E-state index in [9.17, 15) is 0 Å². The maximum absolute atomic E-state index is 5.60. The fourth-order valence-corrected chi connectivity index (χ4v) is 3.98. The van der Waals surface area contributed by atoms with Crippen LogP contribution in [0.15, 0.2) is 24.3 Å². The van der Waals surface area contributed by atoms with Crippen LogP contribution in [0.1, 0.15) is 49.7 Å². The van der Waals surface area contributed by atoms with Gasteiger partial charge in [-0.15, -0.1) is 0 Å². The third-order valence-electron chi connectivity index (χ3n) is 5.03. The van der Waals surface area contributed by atoms with E-state index in [2.05, 4.69) is 36.5 Å². The minimum absolute atomic E-state index is 0.624. The lowest BCUT2D eigenvalue weighted by Gasteiger charge is -2.31. The smallest absolute Gasteiger partial charge is 0.0510 e. The molecule has 1 aromatic carbocycles. The molecule has 110 valence electrons. The van der Waals surface area contributed by atoms with E-state index in [4.69, 9.17) is 4.74 Å². The number of hydrogen-bond donors (Lipinski definition) is 1. The SMILES string of the molecule is CCNC(CC1CCCc2ccccc21)C1CCOC1. The topological polar surface area (TPSA) is 21.3 Å². The molecule has 1 N–H and O–H groups in total. The van der Waals surface area contributed by atoms with Crippen LogP contribution in [-0.2, 0) is 11.2 Å². The molecule has 1 aromatic rings. The lowest BCUT2D eigenvalue weighted by Crippen LogP contribution is -2.38. The molecule has 0 radical (unpaired) electrons. The van der Waals surface area contributed by atoms with Gasteiger partial charge in [0.25, 0.3) is 0 Å². The Morgan fingerprint density at radius 3 is 3.00 bits per heavy atom. The summed E-state index contributed by atoms with van der Waals surface area (Å²) < 4.78 is 5.60. The van der Waals surface area contributed by atoms with Crippen molar-refractivity contribution in [1.29, 1.82) is 0 Å². The van der Waals surface area contributed by atoms with Crippen molar-refractivity contribution >= 4 is 0 Å². The average Bonchev–Trinajstić information content (AvgIpc) is 3.01. The Labute approximate surface area is 122 Å². The van der Waals surface area contributed by atoms with E-state index in [0.717, 1.165) is 25.7 Å². The zero-order valence-electron chi connectivity index (χ0n) is 12.6. The average molecular weight is 273 g/mol. The molecule has 2 aliphatic rings. The second kappa shape index (κ2) is 6.73. The van der Waals surface area contributed by atoms with E-state index >= 15 is 0 Å². The van der Waals surface area contributed by atoms with Crippen LogP contribution in [0.25, 0.3) is 0 Å². The first-order valence-corrected chi connectivity index (χ1v) is 8.27. The molecule has 0 bridgehead atoms. The van der Waals surface area contributed by atoms with Crippen molar-refractivity contribution in [3.63, 3.8) is 0 Å². The molecule has 0 aromatic heterocycles. The minimum atomic E-state index is 0.624. The van der Waals surface area contributed by atoms with Gasteiger partial charge in [-0.1, -0.05) is 31.2 Å². The van der Waals surface area contributed by atoms with Gasteiger partial charge in [0.15, 0.2) is 0 Å². The molecular formula is C18H27NO. The molecular weight excluding hydrogens is 246 g/mol. The highest BCUT2D eigenvalue weighted by molar-refractivity contribution is 5.32. The van der Waals surface area contributed by atoms with Gasteiger partial charge in [0, 0.05) is 12.6 Å². The highest BCUT2D eigenvalue weighted by atomic mass is 16.5. The highest BCUT2D eigenvalue weighted by Gasteiger charge is 2.29. The Balaban J connectivity index is 1.72. The zero-order valence-corrected chi connectivity index (χ0v) is 12.6. The molecule has 1 heterocycles. The molecule has 1 aliphatic carbocycles. The van der Waals surface area contributed by atoms with Crippen molar-refractivity contribution in [2.75, 3.05) is 19.8 Å². The summed E-state index contributed by atoms with van der Waals surface area (Å²) in [6, 6.07) is 9.69. The fraction of sp³-hybridized carbons (Fsp3) is 0.667. The van der Waals surface area contributed by atoms with Crippen LogP contribution in [0.2, 0.25) is 0 Å². The Hall–Kier alpha value is -0.860. The van der Waals surface area contributed by atoms with Crippen molar-refractivity contribution in [2.45, 2.75) is 51.0 Å². The van der Waals surface area contributed by atoms with Gasteiger partial charge in [0.05, 0.1) is 6.61 Å². The van der Waals surface area contributed by atoms with Crippen LogP contribution in [0.3, 0.4) is 0 Å². The van der Waals surface area contributed by atoms with Gasteiger partial charge in [-0.3, -0.25) is 0 Å². The molecule has 0 spiro atoms. The Morgan fingerprint density at radius 1 is 1.30 bits per heavy atom. The summed E-state index contributed by atoms with van der Waals surface area (Å²) in [5, 5.41) is 3.72. The molecule has 1 saturated heterocycles. The Bertz CT molecular complexity index is 425. The van der Waals surface area contributed by atoms with Crippen molar-refractivity contribution in [1.82, 2.24) is 5.32 Å². The summed E-state index contributed by atoms with van der Waals surface area (Å²) >= 11 is 0. The van der Waals surface area contributed by atoms with Crippen molar-refractivity contribution < 1.29 is 4.74 Å². The quantitative estimate of drug-likeness (QED) is 0.886. The number of ether oxygens (including phenoxy) is 1. The minimum Gasteiger partial charge on any atom is -0.381 e. The lowest BCUT2D eigenvalue weighted by molar-refractivity contribution is 0.173. The van der Waals surface area contributed by atoms with Gasteiger partial charge in [0.1, 0.15) is 0 Å². The Morgan fingerprint density at radius 2 is 2.20 bits per heavy atom. The molecule has 20 heavy (non-hydrogen) atoms. The summed E-state index contributed by atoms with van der Waals surface area (Å²) in [5.41, 5.74) is 3.20. The first-order chi connectivity index (χ1) is 9.88. The van der Waals surface area contributed by atoms with Crippen LogP contribution < -0.4 is 5.32 Å². The molecule has 0 amide bonds. The normalized spacial score (nSPS) is 27.2. The summed E-state index contributed by atoms with van der Waals surface area (Å²) in [5.74, 6) is 1.45. The Kier molecular flexibility index (Phi) is 4.74. The molecule has 2 nitrogen and oxygen atoms in total. The summed E-state index contributed by atoms with van der Waals surface area (Å²) in [6.45, 7) is 5.19. The molecule has 2 heteroatoms. The van der Waals surface area contributed by atoms with Crippen LogP contribution in [0.5, 0.6) is 0 Å². The molecule has 1 aliphatic heterocycles.